The smallest absolute Gasteiger partial charge is 0.302 e. The van der Waals surface area contributed by atoms with Gasteiger partial charge in [0.05, 0.1) is 13.2 Å². The molecule has 6 nitrogen and oxygen atoms in total. The first kappa shape index (κ1) is 28.9. The van der Waals surface area contributed by atoms with E-state index in [4.69, 9.17) is 5.11 Å². The van der Waals surface area contributed by atoms with Gasteiger partial charge in [-0.3, -0.25) is 9.59 Å². The van der Waals surface area contributed by atoms with Crippen molar-refractivity contribution in [2.24, 2.45) is 0 Å². The minimum atomic E-state index is -0.211. The summed E-state index contributed by atoms with van der Waals surface area (Å²) in [5.74, 6) is -0.421. The van der Waals surface area contributed by atoms with Crippen molar-refractivity contribution < 1.29 is 24.2 Å². The Morgan fingerprint density at radius 3 is 1.00 bits per heavy atom. The lowest BCUT2D eigenvalue weighted by molar-refractivity contribution is -0.141. The fourth-order valence-corrected chi connectivity index (χ4v) is 1.08. The van der Waals surface area contributed by atoms with E-state index >= 15 is 0 Å². The van der Waals surface area contributed by atoms with Crippen molar-refractivity contribution in [3.05, 3.63) is 0 Å². The number of ether oxygens (including phenoxy) is 2. The molecule has 0 bridgehead atoms. The van der Waals surface area contributed by atoms with Gasteiger partial charge in [0.15, 0.2) is 0 Å². The Hall–Kier alpha value is -1.14. The third-order valence-corrected chi connectivity index (χ3v) is 2.04. The molecule has 0 aromatic carbocycles. The molecule has 0 saturated carbocycles. The fraction of sp³-hybridized carbons (Fsp3) is 0.875. The van der Waals surface area contributed by atoms with E-state index in [0.29, 0.717) is 13.2 Å². The van der Waals surface area contributed by atoms with Crippen LogP contribution in [0.3, 0.4) is 0 Å². The molecular weight excluding hydrogens is 286 g/mol. The summed E-state index contributed by atoms with van der Waals surface area (Å²) in [6, 6.07) is 0. The summed E-state index contributed by atoms with van der Waals surface area (Å²) in [7, 11) is 0. The quantitative estimate of drug-likeness (QED) is 0.783. The molecule has 0 aliphatic carbocycles. The Morgan fingerprint density at radius 2 is 1.00 bits per heavy atom. The Balaban J connectivity index is -0.000000102. The van der Waals surface area contributed by atoms with Crippen LogP contribution in [0, 0.1) is 0 Å². The van der Waals surface area contributed by atoms with Crippen LogP contribution in [0.2, 0.25) is 0 Å². The van der Waals surface area contributed by atoms with Crippen molar-refractivity contribution in [3.63, 3.8) is 0 Å². The fourth-order valence-electron chi connectivity index (χ4n) is 1.08. The van der Waals surface area contributed by atoms with Crippen LogP contribution in [-0.4, -0.2) is 61.4 Å². The van der Waals surface area contributed by atoms with Gasteiger partial charge >= 0.3 is 11.9 Å². The third kappa shape index (κ3) is 51.0. The topological polar surface area (TPSA) is 76.1 Å². The van der Waals surface area contributed by atoms with Crippen LogP contribution in [0.25, 0.3) is 0 Å². The molecule has 6 heteroatoms. The van der Waals surface area contributed by atoms with Gasteiger partial charge < -0.3 is 19.5 Å². The molecule has 0 aliphatic rings. The van der Waals surface area contributed by atoms with Gasteiger partial charge in [-0.1, -0.05) is 20.8 Å². The highest BCUT2D eigenvalue weighted by molar-refractivity contribution is 5.66. The van der Waals surface area contributed by atoms with Crippen LogP contribution in [0.1, 0.15) is 55.4 Å². The highest BCUT2D eigenvalue weighted by atomic mass is 16.5. The predicted octanol–water partition coefficient (Wildman–Crippen LogP) is 2.49. The predicted molar refractivity (Wildman–Crippen MR) is 90.8 cm³/mol. The molecule has 136 valence electrons. The molecule has 0 fully saturated rings. The summed E-state index contributed by atoms with van der Waals surface area (Å²) in [6.45, 7) is 19.4. The largest absolute Gasteiger partial charge is 0.466 e. The number of carbonyl (C=O) groups excluding carboxylic acids is 2. The highest BCUT2D eigenvalue weighted by Crippen LogP contribution is 1.81. The van der Waals surface area contributed by atoms with E-state index in [1.165, 1.54) is 33.5 Å². The number of aliphatic hydroxyl groups is 1. The number of carbonyl (C=O) groups is 2. The Labute approximate surface area is 136 Å². The second-order valence-corrected chi connectivity index (χ2v) is 3.78. The monoisotopic (exact) mass is 323 g/mol. The minimum absolute atomic E-state index is 0.211. The van der Waals surface area contributed by atoms with E-state index in [1.54, 1.807) is 20.8 Å². The number of nitrogens with zero attached hydrogens (tertiary/aromatic N) is 1. The lowest BCUT2D eigenvalue weighted by Gasteiger charge is -2.13. The molecule has 22 heavy (non-hydrogen) atoms. The molecule has 0 aromatic heterocycles. The second-order valence-electron chi connectivity index (χ2n) is 3.78. The van der Waals surface area contributed by atoms with Crippen molar-refractivity contribution in [2.45, 2.75) is 55.4 Å². The highest BCUT2D eigenvalue weighted by Gasteiger charge is 1.89. The maximum atomic E-state index is 9.82. The zero-order valence-corrected chi connectivity index (χ0v) is 15.8. The van der Waals surface area contributed by atoms with Crippen LogP contribution in [0.4, 0.5) is 0 Å². The molecule has 0 spiro atoms. The lowest BCUT2D eigenvalue weighted by Crippen LogP contribution is -2.21. The first-order valence-corrected chi connectivity index (χ1v) is 7.90. The van der Waals surface area contributed by atoms with E-state index in [1.807, 2.05) is 0 Å². The molecule has 0 atom stereocenters. The van der Waals surface area contributed by atoms with Gasteiger partial charge in [0.1, 0.15) is 0 Å². The van der Waals surface area contributed by atoms with Gasteiger partial charge in [0.2, 0.25) is 0 Å². The van der Waals surface area contributed by atoms with Crippen LogP contribution in [-0.2, 0) is 19.1 Å². The van der Waals surface area contributed by atoms with Gasteiger partial charge in [-0.25, -0.2) is 0 Å². The average molecular weight is 323 g/mol. The van der Waals surface area contributed by atoms with Crippen molar-refractivity contribution in [2.75, 3.05) is 39.5 Å². The normalized spacial score (nSPS) is 8.27. The summed E-state index contributed by atoms with van der Waals surface area (Å²) in [6.07, 6.45) is 0. The maximum absolute atomic E-state index is 9.82. The summed E-state index contributed by atoms with van der Waals surface area (Å²) >= 11 is 0. The van der Waals surface area contributed by atoms with Gasteiger partial charge in [-0.15, -0.1) is 0 Å². The lowest BCUT2D eigenvalue weighted by atomic mass is 10.5. The molecule has 1 N–H and O–H groups in total. The van der Waals surface area contributed by atoms with Crippen LogP contribution >= 0.6 is 0 Å². The molecule has 0 aliphatic heterocycles. The number of rotatable bonds is 5. The molecule has 0 aromatic rings. The van der Waals surface area contributed by atoms with E-state index in [2.05, 4.69) is 35.1 Å². The molecule has 0 heterocycles. The van der Waals surface area contributed by atoms with E-state index in [9.17, 15) is 9.59 Å². The van der Waals surface area contributed by atoms with Crippen molar-refractivity contribution in [3.8, 4) is 0 Å². The van der Waals surface area contributed by atoms with E-state index in [-0.39, 0.29) is 18.5 Å². The number of aliphatic hydroxyl groups excluding tert-OH is 1. The van der Waals surface area contributed by atoms with Crippen molar-refractivity contribution in [1.29, 1.82) is 0 Å². The number of hydrogen-bond acceptors (Lipinski definition) is 6. The molecule has 0 radical (unpaired) electrons. The summed E-state index contributed by atoms with van der Waals surface area (Å²) in [5.41, 5.74) is 0. The van der Waals surface area contributed by atoms with Crippen LogP contribution in [0.5, 0.6) is 0 Å². The molecule has 0 unspecified atom stereocenters. The van der Waals surface area contributed by atoms with Crippen LogP contribution in [0.15, 0.2) is 0 Å². The molecular formula is C16H37NO5. The first-order chi connectivity index (χ1) is 10.3. The standard InChI is InChI=1S/C6H15N.2C4H8O2.C2H6O/c1-4-7(5-2)6-3;2*1-3-6-4(2)5;1-2-3/h4-6H2,1-3H3;2*3H2,1-2H3;3H,2H2,1H3. The van der Waals surface area contributed by atoms with E-state index in [0.717, 1.165) is 0 Å². The summed E-state index contributed by atoms with van der Waals surface area (Å²) in [5, 5.41) is 7.57. The summed E-state index contributed by atoms with van der Waals surface area (Å²) < 4.78 is 8.81. The van der Waals surface area contributed by atoms with Crippen molar-refractivity contribution >= 4 is 11.9 Å². The van der Waals surface area contributed by atoms with E-state index < -0.39 is 0 Å². The maximum Gasteiger partial charge on any atom is 0.302 e. The zero-order valence-electron chi connectivity index (χ0n) is 15.8. The zero-order chi connectivity index (χ0) is 18.4. The van der Waals surface area contributed by atoms with Crippen molar-refractivity contribution in [1.82, 2.24) is 4.90 Å². The van der Waals surface area contributed by atoms with Gasteiger partial charge in [0, 0.05) is 20.5 Å². The van der Waals surface area contributed by atoms with Gasteiger partial charge in [-0.05, 0) is 40.4 Å². The Bertz CT molecular complexity index is 197. The average Bonchev–Trinajstić information content (AvgIpc) is 2.42. The van der Waals surface area contributed by atoms with Gasteiger partial charge in [0.25, 0.3) is 0 Å². The first-order valence-electron chi connectivity index (χ1n) is 7.90. The Kier molecular flexibility index (Phi) is 36.9. The Morgan fingerprint density at radius 1 is 0.773 bits per heavy atom. The second kappa shape index (κ2) is 28.1. The minimum Gasteiger partial charge on any atom is -0.466 e. The molecule has 0 rings (SSSR count). The number of hydrogen-bond donors (Lipinski definition) is 1. The van der Waals surface area contributed by atoms with Crippen LogP contribution < -0.4 is 0 Å². The third-order valence-electron chi connectivity index (χ3n) is 2.04. The summed E-state index contributed by atoms with van der Waals surface area (Å²) in [4.78, 5) is 22.0. The van der Waals surface area contributed by atoms with Gasteiger partial charge in [-0.2, -0.15) is 0 Å². The number of esters is 2. The molecule has 0 saturated heterocycles. The SMILES string of the molecule is CCN(CC)CC.CCO.CCOC(C)=O.CCOC(C)=O. The molecule has 0 amide bonds.